The average molecular weight is 233 g/mol. The van der Waals surface area contributed by atoms with Gasteiger partial charge in [-0.15, -0.1) is 0 Å². The molecule has 92 valence electrons. The molecular weight excluding hydrogens is 214 g/mol. The van der Waals surface area contributed by atoms with Crippen LogP contribution in [-0.4, -0.2) is 31.6 Å². The van der Waals surface area contributed by atoms with Crippen molar-refractivity contribution in [3.05, 3.63) is 34.9 Å². The van der Waals surface area contributed by atoms with Crippen molar-refractivity contribution in [1.82, 2.24) is 5.32 Å². The summed E-state index contributed by atoms with van der Waals surface area (Å²) in [6.07, 6.45) is 0.517. The second-order valence-electron chi connectivity index (χ2n) is 4.73. The number of hydrogen-bond acceptors (Lipinski definition) is 3. The van der Waals surface area contributed by atoms with Gasteiger partial charge >= 0.3 is 0 Å². The van der Waals surface area contributed by atoms with Crippen LogP contribution in [0.2, 0.25) is 0 Å². The summed E-state index contributed by atoms with van der Waals surface area (Å²) in [5.74, 6) is 0.194. The van der Waals surface area contributed by atoms with Crippen molar-refractivity contribution in [3.8, 4) is 0 Å². The van der Waals surface area contributed by atoms with E-state index in [2.05, 4.69) is 11.4 Å². The number of carbonyl (C=O) groups excluding carboxylic acids is 1. The smallest absolute Gasteiger partial charge is 0.164 e. The van der Waals surface area contributed by atoms with Crippen molar-refractivity contribution < 1.29 is 9.53 Å². The minimum atomic E-state index is 0.164. The predicted molar refractivity (Wildman–Crippen MR) is 67.5 cm³/mol. The van der Waals surface area contributed by atoms with Crippen LogP contribution in [0.1, 0.15) is 27.9 Å². The average Bonchev–Trinajstić information content (AvgIpc) is 2.29. The highest BCUT2D eigenvalue weighted by molar-refractivity contribution is 5.96. The van der Waals surface area contributed by atoms with Gasteiger partial charge in [-0.2, -0.15) is 0 Å². The Balaban J connectivity index is 2.03. The molecule has 1 saturated heterocycles. The number of carbonyl (C=O) groups is 1. The molecule has 0 amide bonds. The number of morpholine rings is 1. The summed E-state index contributed by atoms with van der Waals surface area (Å²) in [4.78, 5) is 12.1. The van der Waals surface area contributed by atoms with Crippen molar-refractivity contribution >= 4 is 5.78 Å². The lowest BCUT2D eigenvalue weighted by atomic mass is 10.00. The Bertz CT molecular complexity index is 388. The van der Waals surface area contributed by atoms with Gasteiger partial charge in [-0.3, -0.25) is 4.79 Å². The van der Waals surface area contributed by atoms with Crippen LogP contribution in [0, 0.1) is 13.8 Å². The molecule has 0 spiro atoms. The third-order valence-corrected chi connectivity index (χ3v) is 2.97. The van der Waals surface area contributed by atoms with E-state index >= 15 is 0 Å². The highest BCUT2D eigenvalue weighted by Crippen LogP contribution is 2.12. The highest BCUT2D eigenvalue weighted by atomic mass is 16.5. The fourth-order valence-corrected chi connectivity index (χ4v) is 2.23. The van der Waals surface area contributed by atoms with E-state index in [-0.39, 0.29) is 11.8 Å². The Morgan fingerprint density at radius 1 is 1.35 bits per heavy atom. The lowest BCUT2D eigenvalue weighted by molar-refractivity contribution is 0.0676. The quantitative estimate of drug-likeness (QED) is 0.810. The molecule has 17 heavy (non-hydrogen) atoms. The zero-order chi connectivity index (χ0) is 12.3. The maximum atomic E-state index is 12.1. The number of ketones is 1. The largest absolute Gasteiger partial charge is 0.378 e. The Labute approximate surface area is 102 Å². The van der Waals surface area contributed by atoms with E-state index in [0.717, 1.165) is 29.8 Å². The summed E-state index contributed by atoms with van der Waals surface area (Å²) < 4.78 is 5.35. The van der Waals surface area contributed by atoms with Gasteiger partial charge in [0.25, 0.3) is 0 Å². The minimum absolute atomic E-state index is 0.164. The van der Waals surface area contributed by atoms with Gasteiger partial charge in [-0.1, -0.05) is 17.2 Å². The van der Waals surface area contributed by atoms with Crippen molar-refractivity contribution in [2.24, 2.45) is 0 Å². The molecule has 0 radical (unpaired) electrons. The first-order valence-electron chi connectivity index (χ1n) is 6.08. The van der Waals surface area contributed by atoms with Crippen LogP contribution >= 0.6 is 0 Å². The summed E-state index contributed by atoms with van der Waals surface area (Å²) in [5.41, 5.74) is 3.09. The molecular formula is C14H19NO2. The number of ether oxygens (including phenoxy) is 1. The summed E-state index contributed by atoms with van der Waals surface area (Å²) >= 11 is 0. The maximum Gasteiger partial charge on any atom is 0.164 e. The normalized spacial score (nSPS) is 20.2. The van der Waals surface area contributed by atoms with Crippen molar-refractivity contribution in [2.45, 2.75) is 26.3 Å². The van der Waals surface area contributed by atoms with Gasteiger partial charge in [-0.25, -0.2) is 0 Å². The van der Waals surface area contributed by atoms with Crippen LogP contribution in [0.4, 0.5) is 0 Å². The van der Waals surface area contributed by atoms with E-state index in [0.29, 0.717) is 13.0 Å². The van der Waals surface area contributed by atoms with Gasteiger partial charge in [0.05, 0.1) is 13.2 Å². The van der Waals surface area contributed by atoms with Crippen LogP contribution in [-0.2, 0) is 4.74 Å². The molecule has 0 aromatic heterocycles. The molecule has 3 nitrogen and oxygen atoms in total. The van der Waals surface area contributed by atoms with E-state index in [1.54, 1.807) is 0 Å². The highest BCUT2D eigenvalue weighted by Gasteiger charge is 2.18. The molecule has 1 unspecified atom stereocenters. The lowest BCUT2D eigenvalue weighted by Gasteiger charge is -2.23. The zero-order valence-corrected chi connectivity index (χ0v) is 10.5. The van der Waals surface area contributed by atoms with Gasteiger partial charge in [0.15, 0.2) is 5.78 Å². The Morgan fingerprint density at radius 2 is 2.06 bits per heavy atom. The summed E-state index contributed by atoms with van der Waals surface area (Å²) in [7, 11) is 0. The number of hydrogen-bond donors (Lipinski definition) is 1. The van der Waals surface area contributed by atoms with Crippen LogP contribution in [0.25, 0.3) is 0 Å². The SMILES string of the molecule is Cc1cc(C)cc(C(=O)CC2COCCN2)c1. The first kappa shape index (κ1) is 12.3. The van der Waals surface area contributed by atoms with Crippen LogP contribution in [0.15, 0.2) is 18.2 Å². The maximum absolute atomic E-state index is 12.1. The monoisotopic (exact) mass is 233 g/mol. The molecule has 1 aromatic rings. The van der Waals surface area contributed by atoms with E-state index in [1.807, 2.05) is 26.0 Å². The van der Waals surface area contributed by atoms with Crippen molar-refractivity contribution in [1.29, 1.82) is 0 Å². The standard InChI is InChI=1S/C14H19NO2/c1-10-5-11(2)7-12(6-10)14(16)8-13-9-17-4-3-15-13/h5-7,13,15H,3-4,8-9H2,1-2H3. The van der Waals surface area contributed by atoms with Crippen molar-refractivity contribution in [3.63, 3.8) is 0 Å². The second-order valence-corrected chi connectivity index (χ2v) is 4.73. The Kier molecular flexibility index (Phi) is 3.92. The second kappa shape index (κ2) is 5.43. The number of nitrogens with one attached hydrogen (secondary N) is 1. The molecule has 0 saturated carbocycles. The van der Waals surface area contributed by atoms with Gasteiger partial charge < -0.3 is 10.1 Å². The third kappa shape index (κ3) is 3.38. The Hall–Kier alpha value is -1.19. The first-order chi connectivity index (χ1) is 8.15. The molecule has 1 aromatic carbocycles. The third-order valence-electron chi connectivity index (χ3n) is 2.97. The molecule has 1 aliphatic heterocycles. The van der Waals surface area contributed by atoms with Crippen molar-refractivity contribution in [2.75, 3.05) is 19.8 Å². The summed E-state index contributed by atoms with van der Waals surface area (Å²) in [6.45, 7) is 6.26. The van der Waals surface area contributed by atoms with E-state index in [4.69, 9.17) is 4.74 Å². The molecule has 0 bridgehead atoms. The van der Waals surface area contributed by atoms with Gasteiger partial charge in [0, 0.05) is 24.6 Å². The van der Waals surface area contributed by atoms with Gasteiger partial charge in [0.2, 0.25) is 0 Å². The minimum Gasteiger partial charge on any atom is -0.378 e. The summed E-state index contributed by atoms with van der Waals surface area (Å²) in [5, 5.41) is 3.30. The first-order valence-corrected chi connectivity index (χ1v) is 6.08. The Morgan fingerprint density at radius 3 is 2.65 bits per heavy atom. The number of Topliss-reactive ketones (excluding diaryl/α,β-unsaturated/α-hetero) is 1. The fourth-order valence-electron chi connectivity index (χ4n) is 2.23. The lowest BCUT2D eigenvalue weighted by Crippen LogP contribution is -2.42. The number of aryl methyl sites for hydroxylation is 2. The molecule has 1 aliphatic rings. The van der Waals surface area contributed by atoms with Crippen LogP contribution in [0.5, 0.6) is 0 Å². The molecule has 1 heterocycles. The topological polar surface area (TPSA) is 38.3 Å². The molecule has 3 heteroatoms. The van der Waals surface area contributed by atoms with E-state index < -0.39 is 0 Å². The zero-order valence-electron chi connectivity index (χ0n) is 10.5. The van der Waals surface area contributed by atoms with E-state index in [9.17, 15) is 4.79 Å². The number of rotatable bonds is 3. The van der Waals surface area contributed by atoms with Crippen LogP contribution in [0.3, 0.4) is 0 Å². The van der Waals surface area contributed by atoms with E-state index in [1.165, 1.54) is 0 Å². The fraction of sp³-hybridized carbons (Fsp3) is 0.500. The van der Waals surface area contributed by atoms with Gasteiger partial charge in [0.1, 0.15) is 0 Å². The molecule has 1 atom stereocenters. The molecule has 1 N–H and O–H groups in total. The predicted octanol–water partition coefficient (Wildman–Crippen LogP) is 1.86. The van der Waals surface area contributed by atoms with Crippen LogP contribution < -0.4 is 5.32 Å². The molecule has 0 aliphatic carbocycles. The molecule has 2 rings (SSSR count). The summed E-state index contributed by atoms with van der Waals surface area (Å²) in [6, 6.07) is 6.16. The number of benzene rings is 1. The van der Waals surface area contributed by atoms with Gasteiger partial charge in [-0.05, 0) is 26.0 Å². The molecule has 1 fully saturated rings.